The van der Waals surface area contributed by atoms with Gasteiger partial charge in [0.2, 0.25) is 0 Å². The Morgan fingerprint density at radius 2 is 1.25 bits per heavy atom. The Morgan fingerprint density at radius 3 is 1.69 bits per heavy atom. The summed E-state index contributed by atoms with van der Waals surface area (Å²) in [7, 11) is 0. The minimum Gasteiger partial charge on any atom is -0.379 e. The summed E-state index contributed by atoms with van der Waals surface area (Å²) in [5.74, 6) is 0. The molecule has 0 atom stereocenters. The van der Waals surface area contributed by atoms with Gasteiger partial charge in [-0.25, -0.2) is 0 Å². The van der Waals surface area contributed by atoms with E-state index >= 15 is 0 Å². The molecule has 0 amide bonds. The van der Waals surface area contributed by atoms with Gasteiger partial charge in [-0.2, -0.15) is 0 Å². The van der Waals surface area contributed by atoms with Crippen LogP contribution in [0.4, 0.5) is 11.4 Å². The maximum absolute atomic E-state index is 3.48. The zero-order valence-electron chi connectivity index (χ0n) is 9.72. The molecule has 1 aromatic carbocycles. The van der Waals surface area contributed by atoms with Crippen LogP contribution in [0.5, 0.6) is 0 Å². The fraction of sp³-hybridized carbons (Fsp3) is 0.286. The van der Waals surface area contributed by atoms with E-state index in [-0.39, 0.29) is 0 Å². The number of fused-ring (bicyclic) bond motifs is 3. The van der Waals surface area contributed by atoms with E-state index in [0.717, 1.165) is 13.1 Å². The average Bonchev–Trinajstić information content (AvgIpc) is 2.36. The van der Waals surface area contributed by atoms with E-state index in [1.54, 1.807) is 0 Å². The van der Waals surface area contributed by atoms with Crippen molar-refractivity contribution in [2.75, 3.05) is 23.7 Å². The second-order valence-corrected chi connectivity index (χ2v) is 4.39. The summed E-state index contributed by atoms with van der Waals surface area (Å²) < 4.78 is 0. The molecular formula is C14H16N2. The number of rotatable bonds is 0. The van der Waals surface area contributed by atoms with Crippen LogP contribution in [0, 0.1) is 13.8 Å². The molecule has 2 nitrogen and oxygen atoms in total. The van der Waals surface area contributed by atoms with Gasteiger partial charge in [0.1, 0.15) is 0 Å². The number of hydrogen-bond acceptors (Lipinski definition) is 2. The monoisotopic (exact) mass is 212 g/mol. The predicted octanol–water partition coefficient (Wildman–Crippen LogP) is 3.18. The van der Waals surface area contributed by atoms with Gasteiger partial charge in [-0.05, 0) is 25.0 Å². The Labute approximate surface area is 96.1 Å². The number of anilines is 2. The van der Waals surface area contributed by atoms with Crippen molar-refractivity contribution < 1.29 is 0 Å². The van der Waals surface area contributed by atoms with Crippen LogP contribution in [0.25, 0.3) is 12.2 Å². The van der Waals surface area contributed by atoms with Crippen molar-refractivity contribution in [2.45, 2.75) is 13.8 Å². The van der Waals surface area contributed by atoms with E-state index in [0.29, 0.717) is 0 Å². The lowest BCUT2D eigenvalue weighted by Crippen LogP contribution is -2.14. The first-order valence-electron chi connectivity index (χ1n) is 5.77. The highest BCUT2D eigenvalue weighted by Gasteiger charge is 2.19. The fourth-order valence-electron chi connectivity index (χ4n) is 2.51. The lowest BCUT2D eigenvalue weighted by Gasteiger charge is -2.26. The second-order valence-electron chi connectivity index (χ2n) is 4.39. The van der Waals surface area contributed by atoms with Crippen LogP contribution in [0.1, 0.15) is 22.3 Å². The summed E-state index contributed by atoms with van der Waals surface area (Å²) in [4.78, 5) is 0. The molecule has 0 aliphatic carbocycles. The summed E-state index contributed by atoms with van der Waals surface area (Å²) in [6, 6.07) is 0. The quantitative estimate of drug-likeness (QED) is 0.690. The van der Waals surface area contributed by atoms with Crippen molar-refractivity contribution in [3.05, 3.63) is 34.4 Å². The van der Waals surface area contributed by atoms with Gasteiger partial charge in [0.05, 0.1) is 11.4 Å². The van der Waals surface area contributed by atoms with E-state index < -0.39 is 0 Å². The van der Waals surface area contributed by atoms with Crippen LogP contribution in [-0.2, 0) is 0 Å². The van der Waals surface area contributed by atoms with Gasteiger partial charge in [0, 0.05) is 24.2 Å². The van der Waals surface area contributed by atoms with Crippen LogP contribution >= 0.6 is 0 Å². The van der Waals surface area contributed by atoms with E-state index in [9.17, 15) is 0 Å². The normalized spacial score (nSPS) is 16.1. The van der Waals surface area contributed by atoms with E-state index in [1.807, 2.05) is 0 Å². The molecule has 2 aliphatic rings. The highest BCUT2D eigenvalue weighted by atomic mass is 15.0. The molecule has 0 unspecified atom stereocenters. The fourth-order valence-corrected chi connectivity index (χ4v) is 2.51. The third-order valence-corrected chi connectivity index (χ3v) is 3.52. The van der Waals surface area contributed by atoms with Crippen molar-refractivity contribution in [2.24, 2.45) is 0 Å². The zero-order chi connectivity index (χ0) is 11.1. The molecule has 0 fully saturated rings. The van der Waals surface area contributed by atoms with Gasteiger partial charge in [0.25, 0.3) is 0 Å². The number of hydrogen-bond donors (Lipinski definition) is 2. The average molecular weight is 212 g/mol. The Kier molecular flexibility index (Phi) is 2.03. The Hall–Kier alpha value is -1.70. The molecule has 2 heteroatoms. The SMILES string of the molecule is Cc1c(C)c2c(c3c1C=CCN3)NCC=C2. The summed E-state index contributed by atoms with van der Waals surface area (Å²) in [5, 5.41) is 6.95. The first-order valence-corrected chi connectivity index (χ1v) is 5.77. The Morgan fingerprint density at radius 1 is 0.812 bits per heavy atom. The molecule has 16 heavy (non-hydrogen) atoms. The molecule has 0 aromatic heterocycles. The molecule has 0 saturated carbocycles. The van der Waals surface area contributed by atoms with Crippen molar-refractivity contribution in [3.8, 4) is 0 Å². The van der Waals surface area contributed by atoms with Crippen LogP contribution < -0.4 is 10.6 Å². The highest BCUT2D eigenvalue weighted by molar-refractivity contribution is 5.92. The van der Waals surface area contributed by atoms with E-state index in [4.69, 9.17) is 0 Å². The van der Waals surface area contributed by atoms with Gasteiger partial charge in [-0.15, -0.1) is 0 Å². The molecule has 3 rings (SSSR count). The summed E-state index contributed by atoms with van der Waals surface area (Å²) >= 11 is 0. The number of benzene rings is 1. The maximum atomic E-state index is 3.48. The van der Waals surface area contributed by atoms with Gasteiger partial charge in [-0.1, -0.05) is 24.3 Å². The van der Waals surface area contributed by atoms with E-state index in [1.165, 1.54) is 33.6 Å². The van der Waals surface area contributed by atoms with Crippen molar-refractivity contribution in [1.82, 2.24) is 0 Å². The first-order chi connectivity index (χ1) is 7.79. The van der Waals surface area contributed by atoms with Gasteiger partial charge in [-0.3, -0.25) is 0 Å². The number of nitrogens with one attached hydrogen (secondary N) is 2. The van der Waals surface area contributed by atoms with Gasteiger partial charge in [0.15, 0.2) is 0 Å². The smallest absolute Gasteiger partial charge is 0.0661 e. The van der Waals surface area contributed by atoms with Gasteiger partial charge < -0.3 is 10.6 Å². The summed E-state index contributed by atoms with van der Waals surface area (Å²) in [6.45, 7) is 6.25. The van der Waals surface area contributed by atoms with Gasteiger partial charge >= 0.3 is 0 Å². The Balaban J connectivity index is 2.36. The topological polar surface area (TPSA) is 24.1 Å². The highest BCUT2D eigenvalue weighted by Crippen LogP contribution is 2.40. The molecule has 0 radical (unpaired) electrons. The van der Waals surface area contributed by atoms with Crippen molar-refractivity contribution in [3.63, 3.8) is 0 Å². The van der Waals surface area contributed by atoms with Crippen LogP contribution in [0.3, 0.4) is 0 Å². The lowest BCUT2D eigenvalue weighted by molar-refractivity contribution is 1.21. The molecule has 0 bridgehead atoms. The minimum atomic E-state index is 0.924. The molecule has 0 spiro atoms. The molecule has 82 valence electrons. The second kappa shape index (κ2) is 3.41. The third-order valence-electron chi connectivity index (χ3n) is 3.52. The molecule has 2 aliphatic heterocycles. The minimum absolute atomic E-state index is 0.924. The maximum Gasteiger partial charge on any atom is 0.0661 e. The zero-order valence-corrected chi connectivity index (χ0v) is 9.72. The van der Waals surface area contributed by atoms with Crippen LogP contribution in [0.2, 0.25) is 0 Å². The Bertz CT molecular complexity index is 463. The summed E-state index contributed by atoms with van der Waals surface area (Å²) in [6.07, 6.45) is 8.82. The van der Waals surface area contributed by atoms with Crippen LogP contribution in [0.15, 0.2) is 12.2 Å². The van der Waals surface area contributed by atoms with E-state index in [2.05, 4.69) is 48.8 Å². The molecule has 1 aromatic rings. The molecule has 0 saturated heterocycles. The van der Waals surface area contributed by atoms with Crippen LogP contribution in [-0.4, -0.2) is 13.1 Å². The van der Waals surface area contributed by atoms with Crippen molar-refractivity contribution in [1.29, 1.82) is 0 Å². The molecule has 2 heterocycles. The lowest BCUT2D eigenvalue weighted by atomic mass is 9.91. The molecular weight excluding hydrogens is 196 g/mol. The summed E-state index contributed by atoms with van der Waals surface area (Å²) in [5.41, 5.74) is 7.97. The first kappa shape index (κ1) is 9.52. The third kappa shape index (κ3) is 1.19. The van der Waals surface area contributed by atoms with Crippen molar-refractivity contribution >= 4 is 23.5 Å². The molecule has 2 N–H and O–H groups in total. The largest absolute Gasteiger partial charge is 0.379 e. The standard InChI is InChI=1S/C14H16N2/c1-9-10(2)12-6-4-8-16-14(12)13-11(9)5-3-7-15-13/h3-6,15-16H,7-8H2,1-2H3. The predicted molar refractivity (Wildman–Crippen MR) is 71.0 cm³/mol.